The van der Waals surface area contributed by atoms with Crippen LogP contribution in [0.15, 0.2) is 15.8 Å². The Hall–Kier alpha value is -1.61. The molecule has 0 saturated carbocycles. The third kappa shape index (κ3) is 2.20. The number of alkyl halides is 1. The summed E-state index contributed by atoms with van der Waals surface area (Å²) in [5.74, 6) is -1.09. The zero-order chi connectivity index (χ0) is 10.7. The first kappa shape index (κ1) is 10.5. The van der Waals surface area contributed by atoms with Crippen LogP contribution in [0.3, 0.4) is 0 Å². The highest BCUT2D eigenvalue weighted by molar-refractivity contribution is 6.22. The van der Waals surface area contributed by atoms with Crippen LogP contribution < -0.4 is 11.2 Å². The van der Waals surface area contributed by atoms with Crippen molar-refractivity contribution in [2.24, 2.45) is 0 Å². The van der Waals surface area contributed by atoms with Crippen molar-refractivity contribution in [1.29, 1.82) is 5.26 Å². The van der Waals surface area contributed by atoms with E-state index in [2.05, 4.69) is 0 Å². The predicted molar refractivity (Wildman–Crippen MR) is 46.5 cm³/mol. The van der Waals surface area contributed by atoms with Crippen molar-refractivity contribution in [2.75, 3.05) is 0 Å². The second kappa shape index (κ2) is 4.07. The van der Waals surface area contributed by atoms with Gasteiger partial charge in [0.1, 0.15) is 5.38 Å². The number of hydrogen-bond acceptors (Lipinski definition) is 3. The van der Waals surface area contributed by atoms with E-state index in [1.165, 1.54) is 0 Å². The lowest BCUT2D eigenvalue weighted by Crippen LogP contribution is -2.33. The van der Waals surface area contributed by atoms with Crippen LogP contribution in [0.1, 0.15) is 0 Å². The minimum atomic E-state index is -1.09. The summed E-state index contributed by atoms with van der Waals surface area (Å²) in [6.45, 7) is -0.176. The van der Waals surface area contributed by atoms with Crippen molar-refractivity contribution in [3.8, 4) is 6.07 Å². The summed E-state index contributed by atoms with van der Waals surface area (Å²) in [6, 6.07) is 1.67. The van der Waals surface area contributed by atoms with Crippen LogP contribution in [-0.4, -0.2) is 14.9 Å². The summed E-state index contributed by atoms with van der Waals surface area (Å²) < 4.78 is 13.5. The van der Waals surface area contributed by atoms with Crippen LogP contribution in [-0.2, 0) is 6.54 Å². The number of nitrogens with one attached hydrogen (secondary N) is 1. The van der Waals surface area contributed by atoms with E-state index in [9.17, 15) is 14.0 Å². The average molecular weight is 218 g/mol. The van der Waals surface area contributed by atoms with E-state index in [0.29, 0.717) is 6.20 Å². The number of aromatic amines is 1. The number of nitriles is 1. The van der Waals surface area contributed by atoms with Gasteiger partial charge in [-0.3, -0.25) is 14.3 Å². The third-order valence-electron chi connectivity index (χ3n) is 1.46. The molecule has 0 aromatic carbocycles. The molecule has 1 atom stereocenters. The molecule has 0 saturated heterocycles. The highest BCUT2D eigenvalue weighted by Gasteiger charge is 2.08. The number of nitrogens with zero attached hydrogens (tertiary/aromatic N) is 2. The van der Waals surface area contributed by atoms with Crippen LogP contribution in [0.5, 0.6) is 0 Å². The number of halogens is 2. The van der Waals surface area contributed by atoms with Gasteiger partial charge in [-0.2, -0.15) is 9.65 Å². The van der Waals surface area contributed by atoms with Crippen LogP contribution in [0, 0.1) is 17.1 Å². The van der Waals surface area contributed by atoms with Gasteiger partial charge in [-0.1, -0.05) is 0 Å². The van der Waals surface area contributed by atoms with Gasteiger partial charge in [0.15, 0.2) is 0 Å². The van der Waals surface area contributed by atoms with E-state index in [1.807, 2.05) is 0 Å². The molecule has 0 bridgehead atoms. The third-order valence-corrected chi connectivity index (χ3v) is 1.70. The first-order chi connectivity index (χ1) is 6.54. The molecule has 0 fully saturated rings. The van der Waals surface area contributed by atoms with Crippen LogP contribution >= 0.6 is 11.6 Å². The molecule has 1 heterocycles. The Kier molecular flexibility index (Phi) is 3.04. The molecule has 7 heteroatoms. The SMILES string of the molecule is N#CC(Cl)Cn1cc(F)c(=O)[nH]c1=O. The van der Waals surface area contributed by atoms with Gasteiger partial charge in [-0.05, 0) is 0 Å². The molecule has 1 unspecified atom stereocenters. The largest absolute Gasteiger partial charge is 0.328 e. The van der Waals surface area contributed by atoms with Gasteiger partial charge in [0.05, 0.1) is 18.8 Å². The number of H-pyrrole nitrogens is 1. The Balaban J connectivity index is 3.12. The first-order valence-electron chi connectivity index (χ1n) is 3.57. The van der Waals surface area contributed by atoms with Crippen molar-refractivity contribution in [3.63, 3.8) is 0 Å². The predicted octanol–water partition coefficient (Wildman–Crippen LogP) is -0.193. The van der Waals surface area contributed by atoms with Crippen molar-refractivity contribution >= 4 is 11.6 Å². The monoisotopic (exact) mass is 217 g/mol. The molecule has 14 heavy (non-hydrogen) atoms. The number of hydrogen-bond donors (Lipinski definition) is 1. The minimum Gasteiger partial charge on any atom is -0.295 e. The quantitative estimate of drug-likeness (QED) is 0.698. The standard InChI is InChI=1S/C7H5ClFN3O2/c8-4(1-10)2-12-3-5(9)6(13)11-7(12)14/h3-4H,2H2,(H,11,13,14). The Bertz CT molecular complexity index is 487. The Labute approximate surface area is 82.4 Å². The van der Waals surface area contributed by atoms with Crippen molar-refractivity contribution in [3.05, 3.63) is 32.9 Å². The summed E-state index contributed by atoms with van der Waals surface area (Å²) in [6.07, 6.45) is 0.716. The topological polar surface area (TPSA) is 78.7 Å². The highest BCUT2D eigenvalue weighted by atomic mass is 35.5. The Morgan fingerprint density at radius 2 is 2.36 bits per heavy atom. The summed E-state index contributed by atoms with van der Waals surface area (Å²) in [7, 11) is 0. The summed E-state index contributed by atoms with van der Waals surface area (Å²) >= 11 is 5.43. The fourth-order valence-electron chi connectivity index (χ4n) is 0.832. The maximum atomic E-state index is 12.7. The maximum absolute atomic E-state index is 12.7. The fourth-order valence-corrected chi connectivity index (χ4v) is 0.981. The molecule has 0 aliphatic heterocycles. The molecular weight excluding hydrogens is 213 g/mol. The zero-order valence-electron chi connectivity index (χ0n) is 6.83. The van der Waals surface area contributed by atoms with E-state index in [4.69, 9.17) is 16.9 Å². The molecule has 1 rings (SSSR count). The normalized spacial score (nSPS) is 12.1. The zero-order valence-corrected chi connectivity index (χ0v) is 7.58. The smallest absolute Gasteiger partial charge is 0.295 e. The molecule has 0 amide bonds. The molecule has 74 valence electrons. The second-order valence-electron chi connectivity index (χ2n) is 2.49. The van der Waals surface area contributed by atoms with E-state index >= 15 is 0 Å². The van der Waals surface area contributed by atoms with E-state index in [-0.39, 0.29) is 6.54 Å². The summed E-state index contributed by atoms with van der Waals surface area (Å²) in [4.78, 5) is 23.4. The average Bonchev–Trinajstić information content (AvgIpc) is 2.14. The summed E-state index contributed by atoms with van der Waals surface area (Å²) in [5, 5.41) is 7.40. The molecule has 1 aromatic rings. The molecule has 0 aliphatic rings. The second-order valence-corrected chi connectivity index (χ2v) is 3.01. The molecule has 1 N–H and O–H groups in total. The molecule has 0 spiro atoms. The van der Waals surface area contributed by atoms with E-state index in [1.54, 1.807) is 11.1 Å². The lowest BCUT2D eigenvalue weighted by atomic mass is 10.4. The lowest BCUT2D eigenvalue weighted by molar-refractivity contribution is 0.554. The highest BCUT2D eigenvalue weighted by Crippen LogP contribution is 1.96. The summed E-state index contributed by atoms with van der Waals surface area (Å²) in [5.41, 5.74) is -1.88. The van der Waals surface area contributed by atoms with Gasteiger partial charge in [-0.15, -0.1) is 11.6 Å². The fraction of sp³-hybridized carbons (Fsp3) is 0.286. The van der Waals surface area contributed by atoms with Gasteiger partial charge in [-0.25, -0.2) is 4.79 Å². The van der Waals surface area contributed by atoms with Gasteiger partial charge >= 0.3 is 5.69 Å². The van der Waals surface area contributed by atoms with Gasteiger partial charge in [0, 0.05) is 0 Å². The number of aromatic nitrogens is 2. The van der Waals surface area contributed by atoms with Gasteiger partial charge in [0.25, 0.3) is 5.56 Å². The minimum absolute atomic E-state index is 0.176. The number of rotatable bonds is 2. The maximum Gasteiger partial charge on any atom is 0.328 e. The molecule has 0 aliphatic carbocycles. The van der Waals surface area contributed by atoms with Gasteiger partial charge < -0.3 is 0 Å². The molecule has 1 aromatic heterocycles. The van der Waals surface area contributed by atoms with Crippen molar-refractivity contribution < 1.29 is 4.39 Å². The lowest BCUT2D eigenvalue weighted by Gasteiger charge is -2.03. The Morgan fingerprint density at radius 3 is 2.93 bits per heavy atom. The van der Waals surface area contributed by atoms with Crippen molar-refractivity contribution in [1.82, 2.24) is 9.55 Å². The van der Waals surface area contributed by atoms with Crippen molar-refractivity contribution in [2.45, 2.75) is 11.9 Å². The molecule has 0 radical (unpaired) electrons. The van der Waals surface area contributed by atoms with Gasteiger partial charge in [0.2, 0.25) is 5.82 Å². The van der Waals surface area contributed by atoms with E-state index in [0.717, 1.165) is 4.57 Å². The Morgan fingerprint density at radius 1 is 1.71 bits per heavy atom. The van der Waals surface area contributed by atoms with E-state index < -0.39 is 22.4 Å². The van der Waals surface area contributed by atoms with Crippen LogP contribution in [0.4, 0.5) is 4.39 Å². The molecule has 5 nitrogen and oxygen atoms in total. The first-order valence-corrected chi connectivity index (χ1v) is 4.01. The van der Waals surface area contributed by atoms with Crippen LogP contribution in [0.2, 0.25) is 0 Å². The molecular formula is C7H5ClFN3O2. The van der Waals surface area contributed by atoms with Crippen LogP contribution in [0.25, 0.3) is 0 Å².